The number of fused-ring (bicyclic) bond motifs is 3. The standard InChI is InChI=1S/C56H63F3N12O6/c1-34-8-9-39(28-43(34)69-26-19-46(72)65-55(69)77)54(76)68-24-17-36(18-25-68)32-67-22-15-35(16-23-67)27-47(73)70-33-42-30-44(70)53(75)62-20-6-4-2-3-5-7-40-31-63-51(60)48-49(66-71(42)50(40)48)37-10-12-38(13-11-37)52(74)64-45-29-41(14-21-61-45)56(57,58)59/h5,7-14,21,28-29,31,35-36,42,44H,2-4,6,15-20,22-27,30,32-33H2,1H3,(H2,60,63)(H,62,75)(H,61,64,74)(H,65,72,77)/b7-5+/t42-,44+/m0/s1. The van der Waals surface area contributed by atoms with Gasteiger partial charge in [0.25, 0.3) is 11.8 Å². The van der Waals surface area contributed by atoms with Crippen molar-refractivity contribution in [2.24, 2.45) is 11.8 Å². The molecule has 4 fully saturated rings. The normalized spacial score (nSPS) is 20.8. The smallest absolute Gasteiger partial charge is 0.383 e. The van der Waals surface area contributed by atoms with Gasteiger partial charge in [-0.05, 0) is 119 Å². The zero-order valence-electron chi connectivity index (χ0n) is 43.0. The Kier molecular flexibility index (Phi) is 15.4. The molecule has 4 saturated heterocycles. The number of imide groups is 1. The molecular formula is C56H63F3N12O6. The number of carbonyl (C=O) groups is 6. The molecule has 2 aromatic carbocycles. The first-order valence-electron chi connectivity index (χ1n) is 26.7. The molecule has 404 valence electrons. The van der Waals surface area contributed by atoms with Crippen LogP contribution in [0.15, 0.2) is 73.1 Å². The fraction of sp³-hybridized carbons (Fsp3) is 0.446. The third kappa shape index (κ3) is 11.7. The van der Waals surface area contributed by atoms with E-state index < -0.39 is 35.8 Å². The molecule has 3 aromatic heterocycles. The maximum absolute atomic E-state index is 14.6. The summed E-state index contributed by atoms with van der Waals surface area (Å²) in [6.07, 6.45) is 9.85. The Labute approximate surface area is 443 Å². The van der Waals surface area contributed by atoms with Gasteiger partial charge in [-0.25, -0.2) is 14.8 Å². The molecule has 10 rings (SSSR count). The highest BCUT2D eigenvalue weighted by atomic mass is 19.4. The van der Waals surface area contributed by atoms with Crippen LogP contribution in [0.4, 0.5) is 35.3 Å². The lowest BCUT2D eigenvalue weighted by atomic mass is 9.90. The van der Waals surface area contributed by atoms with Crippen molar-refractivity contribution in [3.05, 3.63) is 101 Å². The summed E-state index contributed by atoms with van der Waals surface area (Å²) in [5, 5.41) is 13.7. The fourth-order valence-electron chi connectivity index (χ4n) is 11.5. The lowest BCUT2D eigenvalue weighted by molar-refractivity contribution is -0.139. The second-order valence-corrected chi connectivity index (χ2v) is 21.0. The van der Waals surface area contributed by atoms with Gasteiger partial charge in [-0.1, -0.05) is 36.8 Å². The van der Waals surface area contributed by atoms with Crippen molar-refractivity contribution >= 4 is 69.9 Å². The average molecular weight is 1060 g/mol. The Bertz CT molecular complexity index is 3110. The molecule has 0 spiro atoms. The van der Waals surface area contributed by atoms with E-state index in [-0.39, 0.29) is 66.3 Å². The number of amides is 7. The molecule has 0 aliphatic carbocycles. The van der Waals surface area contributed by atoms with Crippen molar-refractivity contribution in [2.45, 2.75) is 95.8 Å². The number of urea groups is 1. The second kappa shape index (κ2) is 22.5. The van der Waals surface area contributed by atoms with Gasteiger partial charge in [0.15, 0.2) is 0 Å². The van der Waals surface area contributed by atoms with E-state index in [9.17, 15) is 41.9 Å². The number of nitrogens with two attached hydrogens (primary N) is 1. The van der Waals surface area contributed by atoms with Gasteiger partial charge >= 0.3 is 12.2 Å². The minimum atomic E-state index is -4.61. The number of allylic oxidation sites excluding steroid dienone is 1. The molecule has 2 bridgehead atoms. The fourth-order valence-corrected chi connectivity index (χ4v) is 11.5. The van der Waals surface area contributed by atoms with Crippen LogP contribution in [0.1, 0.15) is 114 Å². The van der Waals surface area contributed by atoms with Gasteiger partial charge in [0.2, 0.25) is 17.7 Å². The van der Waals surface area contributed by atoms with Gasteiger partial charge in [0.05, 0.1) is 22.5 Å². The molecular weight excluding hydrogens is 994 g/mol. The largest absolute Gasteiger partial charge is 0.416 e. The molecule has 2 atom stereocenters. The van der Waals surface area contributed by atoms with Crippen molar-refractivity contribution in [3.63, 3.8) is 0 Å². The lowest BCUT2D eigenvalue weighted by Gasteiger charge is -2.38. The van der Waals surface area contributed by atoms with Crippen LogP contribution in [0.3, 0.4) is 0 Å². The van der Waals surface area contributed by atoms with E-state index in [0.29, 0.717) is 71.8 Å². The third-order valence-electron chi connectivity index (χ3n) is 15.8. The summed E-state index contributed by atoms with van der Waals surface area (Å²) < 4.78 is 41.9. The molecule has 0 saturated carbocycles. The molecule has 21 heteroatoms. The van der Waals surface area contributed by atoms with E-state index in [1.54, 1.807) is 47.5 Å². The van der Waals surface area contributed by atoms with Crippen molar-refractivity contribution in [1.29, 1.82) is 0 Å². The molecule has 0 unspecified atom stereocenters. The van der Waals surface area contributed by atoms with Crippen molar-refractivity contribution in [1.82, 2.24) is 45.1 Å². The first-order chi connectivity index (χ1) is 37.1. The topological polar surface area (TPSA) is 221 Å². The number of nitrogens with one attached hydrogen (secondary N) is 3. The number of nitrogen functional groups attached to an aromatic ring is 1. The number of alkyl halides is 3. The summed E-state index contributed by atoms with van der Waals surface area (Å²) in [7, 11) is 0. The number of likely N-dealkylation sites (tertiary alicyclic amines) is 3. The minimum Gasteiger partial charge on any atom is -0.383 e. The van der Waals surface area contributed by atoms with Gasteiger partial charge in [0, 0.05) is 98.9 Å². The predicted octanol–water partition coefficient (Wildman–Crippen LogP) is 7.60. The van der Waals surface area contributed by atoms with Crippen LogP contribution in [0, 0.1) is 18.8 Å². The van der Waals surface area contributed by atoms with Crippen LogP contribution in [-0.4, -0.2) is 128 Å². The molecule has 5 aliphatic heterocycles. The van der Waals surface area contributed by atoms with E-state index in [1.807, 2.05) is 28.6 Å². The Balaban J connectivity index is 0.795. The van der Waals surface area contributed by atoms with E-state index in [4.69, 9.17) is 10.8 Å². The van der Waals surface area contributed by atoms with Crippen LogP contribution in [0.2, 0.25) is 0 Å². The highest BCUT2D eigenvalue weighted by molar-refractivity contribution is 6.08. The summed E-state index contributed by atoms with van der Waals surface area (Å²) in [6.45, 7) is 6.73. The van der Waals surface area contributed by atoms with Crippen LogP contribution in [0.25, 0.3) is 28.2 Å². The maximum atomic E-state index is 14.6. The molecule has 18 nitrogen and oxygen atoms in total. The SMILES string of the molecule is Cc1ccc(C(=O)N2CCC(CN3CCC(CC(=O)N4C[C@@H]5C[C@@H]4C(=O)NCCCCC/C=C/c4cnc(N)c6c(-c7ccc(C(=O)Nc8cc(C(F)(F)F)ccn8)cc7)nn5c46)CC3)CC2)cc1N1CCC(=O)NC1=O. The van der Waals surface area contributed by atoms with Crippen LogP contribution < -0.4 is 26.6 Å². The number of rotatable bonds is 9. The van der Waals surface area contributed by atoms with Gasteiger partial charge < -0.3 is 31.1 Å². The van der Waals surface area contributed by atoms with Crippen molar-refractivity contribution in [3.8, 4) is 11.3 Å². The van der Waals surface area contributed by atoms with E-state index >= 15 is 0 Å². The molecule has 77 heavy (non-hydrogen) atoms. The number of anilines is 3. The summed E-state index contributed by atoms with van der Waals surface area (Å²) >= 11 is 0. The third-order valence-corrected chi connectivity index (χ3v) is 15.8. The first kappa shape index (κ1) is 52.7. The first-order valence-corrected chi connectivity index (χ1v) is 26.7. The van der Waals surface area contributed by atoms with Crippen LogP contribution in [-0.2, 0) is 20.6 Å². The number of carbonyl (C=O) groups excluding carboxylic acids is 6. The number of hydrogen-bond acceptors (Lipinski definition) is 11. The van der Waals surface area contributed by atoms with E-state index in [0.717, 1.165) is 100 Å². The monoisotopic (exact) mass is 1060 g/mol. The Morgan fingerprint density at radius 3 is 2.38 bits per heavy atom. The van der Waals surface area contributed by atoms with E-state index in [2.05, 4.69) is 36.9 Å². The molecule has 7 amide bonds. The van der Waals surface area contributed by atoms with Crippen LogP contribution >= 0.6 is 0 Å². The molecule has 5 aromatic rings. The Hall–Kier alpha value is -7.68. The Morgan fingerprint density at radius 2 is 1.62 bits per heavy atom. The Morgan fingerprint density at radius 1 is 0.870 bits per heavy atom. The number of aromatic nitrogens is 4. The van der Waals surface area contributed by atoms with Gasteiger partial charge in [-0.15, -0.1) is 0 Å². The van der Waals surface area contributed by atoms with Crippen molar-refractivity contribution in [2.75, 3.05) is 68.3 Å². The number of pyridine rings is 2. The van der Waals surface area contributed by atoms with Crippen LogP contribution in [0.5, 0.6) is 0 Å². The molecule has 5 N–H and O–H groups in total. The quantitative estimate of drug-likeness (QED) is 0.113. The number of hydrogen-bond donors (Lipinski definition) is 4. The average Bonchev–Trinajstić information content (AvgIpc) is 4.10. The van der Waals surface area contributed by atoms with Crippen molar-refractivity contribution < 1.29 is 41.9 Å². The predicted molar refractivity (Wildman–Crippen MR) is 283 cm³/mol. The minimum absolute atomic E-state index is 0.0757. The molecule has 5 aliphatic rings. The summed E-state index contributed by atoms with van der Waals surface area (Å²) in [6, 6.07) is 11.8. The highest BCUT2D eigenvalue weighted by Crippen LogP contribution is 2.40. The second-order valence-electron chi connectivity index (χ2n) is 21.0. The number of aryl methyl sites for hydroxylation is 1. The molecule has 8 heterocycles. The summed E-state index contributed by atoms with van der Waals surface area (Å²) in [5.41, 5.74) is 10.4. The van der Waals surface area contributed by atoms with Gasteiger partial charge in [-0.3, -0.25) is 38.9 Å². The number of nitrogens with zero attached hydrogens (tertiary/aromatic N) is 8. The highest BCUT2D eigenvalue weighted by Gasteiger charge is 2.43. The number of halogens is 3. The number of benzene rings is 2. The van der Waals surface area contributed by atoms with E-state index in [1.165, 1.54) is 4.90 Å². The summed E-state index contributed by atoms with van der Waals surface area (Å²) in [4.78, 5) is 95.9. The zero-order chi connectivity index (χ0) is 54.0. The van der Waals surface area contributed by atoms with Gasteiger partial charge in [0.1, 0.15) is 23.4 Å². The number of piperidine rings is 2. The van der Waals surface area contributed by atoms with Gasteiger partial charge in [-0.2, -0.15) is 18.3 Å². The molecule has 0 radical (unpaired) electrons. The summed E-state index contributed by atoms with van der Waals surface area (Å²) in [5.74, 6) is -0.778. The zero-order valence-corrected chi connectivity index (χ0v) is 43.0. The maximum Gasteiger partial charge on any atom is 0.416 e. The lowest BCUT2D eigenvalue weighted by Crippen LogP contribution is -2.50.